The highest BCUT2D eigenvalue weighted by molar-refractivity contribution is 7.12. The van der Waals surface area contributed by atoms with E-state index in [1.165, 1.54) is 37.3 Å². The van der Waals surface area contributed by atoms with Crippen LogP contribution >= 0.6 is 22.9 Å². The molecule has 1 heterocycles. The third-order valence-electron chi connectivity index (χ3n) is 4.98. The Kier molecular flexibility index (Phi) is 8.23. The molecule has 0 bridgehead atoms. The van der Waals surface area contributed by atoms with Crippen LogP contribution in [0.15, 0.2) is 53.9 Å². The number of hydrogen-bond donors (Lipinski definition) is 4. The van der Waals surface area contributed by atoms with Crippen LogP contribution in [0.4, 0.5) is 0 Å². The Morgan fingerprint density at radius 3 is 2.43 bits per heavy atom. The van der Waals surface area contributed by atoms with Gasteiger partial charge in [-0.05, 0) is 66.8 Å². The molecule has 0 fully saturated rings. The van der Waals surface area contributed by atoms with Crippen molar-refractivity contribution in [1.29, 1.82) is 0 Å². The first-order valence-corrected chi connectivity index (χ1v) is 11.6. The minimum absolute atomic E-state index is 0.0744. The molecule has 2 aromatic carbocycles. The third kappa shape index (κ3) is 6.24. The van der Waals surface area contributed by atoms with Crippen molar-refractivity contribution in [2.75, 3.05) is 0 Å². The number of phenols is 1. The van der Waals surface area contributed by atoms with E-state index >= 15 is 0 Å². The van der Waals surface area contributed by atoms with E-state index in [1.54, 1.807) is 30.5 Å². The van der Waals surface area contributed by atoms with Crippen molar-refractivity contribution < 1.29 is 29.4 Å². The number of benzene rings is 2. The van der Waals surface area contributed by atoms with E-state index in [0.717, 1.165) is 11.3 Å². The second kappa shape index (κ2) is 11.1. The van der Waals surface area contributed by atoms with Crippen LogP contribution in [0.5, 0.6) is 5.75 Å². The Morgan fingerprint density at radius 1 is 1.09 bits per heavy atom. The van der Waals surface area contributed by atoms with Crippen LogP contribution in [0.1, 0.15) is 48.4 Å². The highest BCUT2D eigenvalue weighted by atomic mass is 35.5. The zero-order valence-electron chi connectivity index (χ0n) is 18.7. The van der Waals surface area contributed by atoms with E-state index in [4.69, 9.17) is 11.6 Å². The topological polar surface area (TPSA) is 136 Å². The van der Waals surface area contributed by atoms with Gasteiger partial charge in [-0.3, -0.25) is 19.2 Å². The van der Waals surface area contributed by atoms with Gasteiger partial charge in [0, 0.05) is 12.1 Å². The lowest BCUT2D eigenvalue weighted by atomic mass is 10.1. The number of carboxylic acids is 1. The van der Waals surface area contributed by atoms with Crippen LogP contribution < -0.4 is 10.7 Å². The van der Waals surface area contributed by atoms with Crippen molar-refractivity contribution in [3.63, 3.8) is 0 Å². The van der Waals surface area contributed by atoms with Gasteiger partial charge in [-0.1, -0.05) is 23.7 Å². The van der Waals surface area contributed by atoms with Crippen molar-refractivity contribution in [2.45, 2.75) is 26.4 Å². The normalized spacial score (nSPS) is 11.5. The molecule has 0 radical (unpaired) electrons. The summed E-state index contributed by atoms with van der Waals surface area (Å²) >= 11 is 7.41. The third-order valence-corrected chi connectivity index (χ3v) is 6.30. The molecule has 0 unspecified atom stereocenters. The van der Waals surface area contributed by atoms with Crippen LogP contribution in [-0.4, -0.2) is 45.0 Å². The number of imide groups is 1. The lowest BCUT2D eigenvalue weighted by Gasteiger charge is -2.24. The highest BCUT2D eigenvalue weighted by Crippen LogP contribution is 2.23. The van der Waals surface area contributed by atoms with Gasteiger partial charge in [0.05, 0.1) is 15.5 Å². The molecule has 3 aromatic rings. The van der Waals surface area contributed by atoms with Crippen LogP contribution in [0.25, 0.3) is 0 Å². The largest absolute Gasteiger partial charge is 0.508 e. The number of amides is 3. The number of aryl methyl sites for hydroxylation is 1. The molecule has 0 spiro atoms. The molecule has 1 atom stereocenters. The molecular formula is C24H22ClN3O6S. The number of aliphatic carboxylic acids is 1. The maximum absolute atomic E-state index is 13.2. The van der Waals surface area contributed by atoms with Crippen LogP contribution in [0.3, 0.4) is 0 Å². The fraction of sp³-hybridized carbons (Fsp3) is 0.167. The molecule has 0 saturated carbocycles. The Bertz CT molecular complexity index is 1290. The Balaban J connectivity index is 1.82. The van der Waals surface area contributed by atoms with E-state index < -0.39 is 29.7 Å². The Hall–Kier alpha value is -3.73. The predicted molar refractivity (Wildman–Crippen MR) is 131 cm³/mol. The molecule has 35 heavy (non-hydrogen) atoms. The van der Waals surface area contributed by atoms with Gasteiger partial charge in [-0.2, -0.15) is 0 Å². The van der Waals surface area contributed by atoms with Gasteiger partial charge in [0.1, 0.15) is 11.8 Å². The van der Waals surface area contributed by atoms with Crippen molar-refractivity contribution in [3.8, 4) is 5.75 Å². The number of carboxylic acid groups (broad SMARTS) is 1. The molecule has 0 aliphatic heterocycles. The zero-order chi connectivity index (χ0) is 25.7. The number of halogens is 1. The van der Waals surface area contributed by atoms with E-state index in [0.29, 0.717) is 16.1 Å². The van der Waals surface area contributed by atoms with E-state index in [-0.39, 0.29) is 33.3 Å². The number of phenolic OH excluding ortho intramolecular Hbond substituents is 1. The van der Waals surface area contributed by atoms with E-state index in [1.807, 2.05) is 0 Å². The summed E-state index contributed by atoms with van der Waals surface area (Å²) in [7, 11) is 0. The Morgan fingerprint density at radius 2 is 1.83 bits per heavy atom. The number of hydrazine groups is 1. The van der Waals surface area contributed by atoms with E-state index in [9.17, 15) is 29.4 Å². The SMILES string of the molecule is Cc1ccsc1C(=O)N(N[C@@H](C)C(=O)O)C(=O)c1ccc(C(=O)NCc2cccc(O)c2)cc1Cl. The maximum atomic E-state index is 13.2. The molecule has 1 aromatic heterocycles. The first-order chi connectivity index (χ1) is 16.6. The number of nitrogens with zero attached hydrogens (tertiary/aromatic N) is 1. The van der Waals surface area contributed by atoms with Gasteiger partial charge in [0.2, 0.25) is 0 Å². The summed E-state index contributed by atoms with van der Waals surface area (Å²) in [5.41, 5.74) is 3.82. The molecular weight excluding hydrogens is 494 g/mol. The van der Waals surface area contributed by atoms with Gasteiger partial charge < -0.3 is 15.5 Å². The molecule has 4 N–H and O–H groups in total. The highest BCUT2D eigenvalue weighted by Gasteiger charge is 2.30. The summed E-state index contributed by atoms with van der Waals surface area (Å²) in [6.07, 6.45) is 0. The minimum atomic E-state index is -1.26. The van der Waals surface area contributed by atoms with Gasteiger partial charge in [0.15, 0.2) is 0 Å². The summed E-state index contributed by atoms with van der Waals surface area (Å²) in [5, 5.41) is 23.7. The van der Waals surface area contributed by atoms with Gasteiger partial charge >= 0.3 is 5.97 Å². The van der Waals surface area contributed by atoms with Crippen LogP contribution in [-0.2, 0) is 11.3 Å². The predicted octanol–water partition coefficient (Wildman–Crippen LogP) is 3.61. The zero-order valence-corrected chi connectivity index (χ0v) is 20.3. The summed E-state index contributed by atoms with van der Waals surface area (Å²) < 4.78 is 0. The molecule has 9 nitrogen and oxygen atoms in total. The number of rotatable bonds is 8. The van der Waals surface area contributed by atoms with Crippen LogP contribution in [0, 0.1) is 6.92 Å². The number of thiophene rings is 1. The van der Waals surface area contributed by atoms with E-state index in [2.05, 4.69) is 10.7 Å². The summed E-state index contributed by atoms with van der Waals surface area (Å²) in [6.45, 7) is 3.15. The standard InChI is InChI=1S/C24H22ClN3O6S/c1-13-8-9-35-20(13)23(32)28(27-14(2)24(33)34)22(31)18-7-6-16(11-19(18)25)21(30)26-12-15-4-3-5-17(29)10-15/h3-11,14,27,29H,12H2,1-2H3,(H,26,30)(H,33,34)/t14-/m0/s1. The minimum Gasteiger partial charge on any atom is -0.508 e. The number of carbonyl (C=O) groups is 4. The maximum Gasteiger partial charge on any atom is 0.322 e. The van der Waals surface area contributed by atoms with Crippen LogP contribution in [0.2, 0.25) is 5.02 Å². The van der Waals surface area contributed by atoms with Crippen molar-refractivity contribution in [1.82, 2.24) is 15.8 Å². The van der Waals surface area contributed by atoms with Gasteiger partial charge in [-0.25, -0.2) is 10.4 Å². The Labute approximate surface area is 209 Å². The summed E-state index contributed by atoms with van der Waals surface area (Å²) in [4.78, 5) is 50.5. The monoisotopic (exact) mass is 515 g/mol. The number of nitrogens with one attached hydrogen (secondary N) is 2. The molecule has 11 heteroatoms. The smallest absolute Gasteiger partial charge is 0.322 e. The first kappa shape index (κ1) is 25.9. The van der Waals surface area contributed by atoms with Crippen molar-refractivity contribution >= 4 is 46.6 Å². The molecule has 0 saturated heterocycles. The van der Waals surface area contributed by atoms with Gasteiger partial charge in [0.25, 0.3) is 17.7 Å². The molecule has 3 rings (SSSR count). The van der Waals surface area contributed by atoms with Crippen molar-refractivity contribution in [3.05, 3.63) is 86.1 Å². The summed E-state index contributed by atoms with van der Waals surface area (Å²) in [5.74, 6) is -3.24. The number of carbonyl (C=O) groups excluding carboxylic acids is 3. The van der Waals surface area contributed by atoms with Gasteiger partial charge in [-0.15, -0.1) is 11.3 Å². The fourth-order valence-corrected chi connectivity index (χ4v) is 4.17. The lowest BCUT2D eigenvalue weighted by molar-refractivity contribution is -0.139. The second-order valence-corrected chi connectivity index (χ2v) is 8.94. The molecule has 0 aliphatic rings. The quantitative estimate of drug-likeness (QED) is 0.266. The average molecular weight is 516 g/mol. The number of aromatic hydroxyl groups is 1. The van der Waals surface area contributed by atoms with Crippen molar-refractivity contribution in [2.24, 2.45) is 0 Å². The number of hydrogen-bond acceptors (Lipinski definition) is 7. The molecule has 182 valence electrons. The average Bonchev–Trinajstić information content (AvgIpc) is 3.25. The fourth-order valence-electron chi connectivity index (χ4n) is 3.05. The lowest BCUT2D eigenvalue weighted by Crippen LogP contribution is -2.53. The molecule has 3 amide bonds. The molecule has 0 aliphatic carbocycles. The first-order valence-electron chi connectivity index (χ1n) is 10.4. The second-order valence-electron chi connectivity index (χ2n) is 7.61. The summed E-state index contributed by atoms with van der Waals surface area (Å²) in [6, 6.07) is 10.8.